The van der Waals surface area contributed by atoms with Crippen molar-refractivity contribution in [1.82, 2.24) is 10.2 Å². The summed E-state index contributed by atoms with van der Waals surface area (Å²) in [5, 5.41) is 5.42. The number of nitrogens with one attached hydrogen (secondary N) is 2. The standard InChI is InChI=1S/C41H52N6O6S/c1-30(9-20-39(50)45-29-49)47(4)40(51)38-19-14-34(25-31(38)26-48)44-22-7-6-8-24-52-36-15-10-32(11-16-36)41(2,3)33-12-17-37(18-13-33)53-27-35(46-54-5)21-23-43-28-42/h10-19,21,23,25-26,28-30,44H,6-9,20,22,24,27H2,1-5H3,(H2,42,43)(H,45,49,50)/b23-21-,46-35+. The maximum absolute atomic E-state index is 13.1. The molecule has 0 aliphatic heterocycles. The molecule has 3 aromatic rings. The SMILES string of the molecule is CS\N=C(/C=C\N=C\N)COc1ccc(C(C)(C)c2ccc(OCCCCCNc3ccc(C(=O)N(C)C(C)CCC(=O)NC=O)c(C=O)c3)cc2)cc1. The normalized spacial score (nSPS) is 12.4. The predicted octanol–water partition coefficient (Wildman–Crippen LogP) is 6.60. The van der Waals surface area contributed by atoms with E-state index in [9.17, 15) is 19.2 Å². The molecule has 3 rings (SSSR count). The average Bonchev–Trinajstić information content (AvgIpc) is 3.18. The Labute approximate surface area is 322 Å². The van der Waals surface area contributed by atoms with E-state index in [0.29, 0.717) is 50.0 Å². The van der Waals surface area contributed by atoms with Crippen LogP contribution in [-0.2, 0) is 15.0 Å². The number of anilines is 1. The fourth-order valence-corrected chi connectivity index (χ4v) is 5.86. The third-order valence-electron chi connectivity index (χ3n) is 9.00. The lowest BCUT2D eigenvalue weighted by Crippen LogP contribution is -2.36. The van der Waals surface area contributed by atoms with Crippen molar-refractivity contribution in [2.45, 2.75) is 64.3 Å². The Morgan fingerprint density at radius 3 is 2.24 bits per heavy atom. The van der Waals surface area contributed by atoms with E-state index in [1.807, 2.05) is 37.4 Å². The van der Waals surface area contributed by atoms with Crippen LogP contribution in [0.2, 0.25) is 0 Å². The molecule has 0 saturated carbocycles. The number of rotatable bonds is 23. The summed E-state index contributed by atoms with van der Waals surface area (Å²) in [6.45, 7) is 7.82. The van der Waals surface area contributed by atoms with Gasteiger partial charge >= 0.3 is 0 Å². The third-order valence-corrected chi connectivity index (χ3v) is 9.42. The van der Waals surface area contributed by atoms with Gasteiger partial charge in [-0.05, 0) is 104 Å². The van der Waals surface area contributed by atoms with Crippen LogP contribution in [0.25, 0.3) is 0 Å². The quantitative estimate of drug-likeness (QED) is 0.0318. The Morgan fingerprint density at radius 1 is 0.963 bits per heavy atom. The Morgan fingerprint density at radius 2 is 1.63 bits per heavy atom. The highest BCUT2D eigenvalue weighted by atomic mass is 32.2. The number of aliphatic imine (C=N–C) groups is 1. The molecule has 0 aromatic heterocycles. The first-order valence-corrected chi connectivity index (χ1v) is 19.0. The molecule has 0 bridgehead atoms. The predicted molar refractivity (Wildman–Crippen MR) is 218 cm³/mol. The smallest absolute Gasteiger partial charge is 0.254 e. The van der Waals surface area contributed by atoms with Gasteiger partial charge in [0.2, 0.25) is 12.3 Å². The Balaban J connectivity index is 1.41. The van der Waals surface area contributed by atoms with Crippen molar-refractivity contribution in [2.75, 3.05) is 38.4 Å². The van der Waals surface area contributed by atoms with Gasteiger partial charge in [0, 0.05) is 55.2 Å². The van der Waals surface area contributed by atoms with Crippen molar-refractivity contribution in [1.29, 1.82) is 0 Å². The van der Waals surface area contributed by atoms with Gasteiger partial charge in [0.25, 0.3) is 5.91 Å². The van der Waals surface area contributed by atoms with Gasteiger partial charge in [0.15, 0.2) is 6.29 Å². The van der Waals surface area contributed by atoms with Crippen molar-refractivity contribution < 1.29 is 28.7 Å². The number of ether oxygens (including phenoxy) is 2. The number of amides is 3. The van der Waals surface area contributed by atoms with Crippen LogP contribution in [0.3, 0.4) is 0 Å². The Hall–Kier alpha value is -5.43. The molecule has 0 spiro atoms. The zero-order chi connectivity index (χ0) is 39.3. The molecule has 12 nitrogen and oxygen atoms in total. The highest BCUT2D eigenvalue weighted by molar-refractivity contribution is 7.97. The average molecular weight is 757 g/mol. The van der Waals surface area contributed by atoms with Crippen LogP contribution in [0.4, 0.5) is 5.69 Å². The van der Waals surface area contributed by atoms with Crippen LogP contribution in [0.5, 0.6) is 11.5 Å². The number of carbonyl (C=O) groups is 4. The first kappa shape index (κ1) is 43.0. The molecule has 3 aromatic carbocycles. The molecule has 13 heteroatoms. The zero-order valence-corrected chi connectivity index (χ0v) is 32.6. The number of benzene rings is 3. The summed E-state index contributed by atoms with van der Waals surface area (Å²) in [5.74, 6) is 0.861. The number of unbranched alkanes of at least 4 members (excludes halogenated alkanes) is 2. The molecule has 0 aliphatic rings. The van der Waals surface area contributed by atoms with Crippen LogP contribution in [0.15, 0.2) is 88.4 Å². The number of nitrogens with zero attached hydrogens (tertiary/aromatic N) is 3. The molecule has 0 aliphatic carbocycles. The number of hydrogen-bond acceptors (Lipinski definition) is 10. The van der Waals surface area contributed by atoms with Crippen molar-refractivity contribution in [2.24, 2.45) is 15.1 Å². The maximum Gasteiger partial charge on any atom is 0.254 e. The lowest BCUT2D eigenvalue weighted by molar-refractivity contribution is -0.125. The lowest BCUT2D eigenvalue weighted by Gasteiger charge is -2.26. The van der Waals surface area contributed by atoms with Crippen molar-refractivity contribution in [3.05, 3.63) is 101 Å². The van der Waals surface area contributed by atoms with Gasteiger partial charge in [-0.15, -0.1) is 0 Å². The van der Waals surface area contributed by atoms with Crippen LogP contribution >= 0.6 is 11.9 Å². The van der Waals surface area contributed by atoms with Crippen LogP contribution in [0.1, 0.15) is 84.7 Å². The third kappa shape index (κ3) is 13.5. The summed E-state index contributed by atoms with van der Waals surface area (Å²) in [6.07, 6.45) is 10.7. The fraction of sp³-hybridized carbons (Fsp3) is 0.366. The minimum Gasteiger partial charge on any atom is -0.494 e. The minimum atomic E-state index is -0.404. The van der Waals surface area contributed by atoms with Crippen molar-refractivity contribution >= 4 is 54.2 Å². The second-order valence-corrected chi connectivity index (χ2v) is 13.6. The van der Waals surface area contributed by atoms with E-state index in [-0.39, 0.29) is 23.8 Å². The van der Waals surface area contributed by atoms with Gasteiger partial charge in [-0.25, -0.2) is 9.39 Å². The van der Waals surface area contributed by atoms with Crippen molar-refractivity contribution in [3.8, 4) is 11.5 Å². The second kappa shape index (κ2) is 22.6. The molecule has 0 radical (unpaired) electrons. The zero-order valence-electron chi connectivity index (χ0n) is 31.7. The van der Waals surface area contributed by atoms with Crippen LogP contribution < -0.4 is 25.8 Å². The van der Waals surface area contributed by atoms with E-state index < -0.39 is 5.91 Å². The monoisotopic (exact) mass is 756 g/mol. The highest BCUT2D eigenvalue weighted by Gasteiger charge is 2.24. The van der Waals surface area contributed by atoms with Crippen LogP contribution in [0, 0.1) is 0 Å². The van der Waals surface area contributed by atoms with Crippen molar-refractivity contribution in [3.63, 3.8) is 0 Å². The summed E-state index contributed by atoms with van der Waals surface area (Å²) >= 11 is 1.35. The lowest BCUT2D eigenvalue weighted by atomic mass is 9.78. The molecular weight excluding hydrogens is 705 g/mol. The summed E-state index contributed by atoms with van der Waals surface area (Å²) in [4.78, 5) is 52.3. The van der Waals surface area contributed by atoms with E-state index >= 15 is 0 Å². The minimum absolute atomic E-state index is 0.108. The molecule has 1 atom stereocenters. The van der Waals surface area contributed by atoms with E-state index in [1.54, 1.807) is 37.5 Å². The van der Waals surface area contributed by atoms with E-state index in [2.05, 4.69) is 58.1 Å². The summed E-state index contributed by atoms with van der Waals surface area (Å²) in [6, 6.07) is 21.2. The first-order chi connectivity index (χ1) is 26.0. The topological polar surface area (TPSA) is 165 Å². The molecule has 54 heavy (non-hydrogen) atoms. The molecule has 288 valence electrons. The van der Waals surface area contributed by atoms with E-state index in [0.717, 1.165) is 47.7 Å². The van der Waals surface area contributed by atoms with Gasteiger partial charge in [0.1, 0.15) is 18.1 Å². The second-order valence-electron chi connectivity index (χ2n) is 13.1. The van der Waals surface area contributed by atoms with E-state index in [4.69, 9.17) is 15.2 Å². The van der Waals surface area contributed by atoms with E-state index in [1.165, 1.54) is 28.7 Å². The first-order valence-electron chi connectivity index (χ1n) is 17.8. The fourth-order valence-electron chi connectivity index (χ4n) is 5.51. The molecule has 1 unspecified atom stereocenters. The largest absolute Gasteiger partial charge is 0.494 e. The number of imide groups is 1. The number of nitrogens with two attached hydrogens (primary N) is 1. The molecule has 0 fully saturated rings. The van der Waals surface area contributed by atoms with Gasteiger partial charge in [0.05, 0.1) is 24.2 Å². The molecule has 0 heterocycles. The molecule has 3 amide bonds. The van der Waals surface area contributed by atoms with Gasteiger partial charge in [-0.1, -0.05) is 38.1 Å². The van der Waals surface area contributed by atoms with Gasteiger partial charge < -0.3 is 25.4 Å². The molecule has 0 saturated heterocycles. The Bertz CT molecular complexity index is 1760. The summed E-state index contributed by atoms with van der Waals surface area (Å²) in [7, 11) is 1.63. The highest BCUT2D eigenvalue weighted by Crippen LogP contribution is 2.33. The number of carbonyl (C=O) groups excluding carboxylic acids is 4. The molecule has 4 N–H and O–H groups in total. The Kier molecular flexibility index (Phi) is 18.0. The van der Waals surface area contributed by atoms with Crippen LogP contribution in [-0.4, -0.2) is 80.6 Å². The van der Waals surface area contributed by atoms with Gasteiger partial charge in [-0.2, -0.15) is 0 Å². The number of hydrogen-bond donors (Lipinski definition) is 3. The van der Waals surface area contributed by atoms with Gasteiger partial charge in [-0.3, -0.25) is 24.5 Å². The summed E-state index contributed by atoms with van der Waals surface area (Å²) < 4.78 is 16.3. The molecular formula is C41H52N6O6S. The number of aldehydes is 1. The summed E-state index contributed by atoms with van der Waals surface area (Å²) in [5.41, 5.74) is 9.48. The maximum atomic E-state index is 13.1.